The average Bonchev–Trinajstić information content (AvgIpc) is 2.32. The summed E-state index contributed by atoms with van der Waals surface area (Å²) < 4.78 is 6.11. The first-order chi connectivity index (χ1) is 8.22. The van der Waals surface area contributed by atoms with E-state index in [-0.39, 0.29) is 0 Å². The van der Waals surface area contributed by atoms with Crippen LogP contribution in [0.2, 0.25) is 0 Å². The number of halogens is 1. The molecular weight excluding hydrogens is 280 g/mol. The normalized spacial score (nSPS) is 12.6. The van der Waals surface area contributed by atoms with Gasteiger partial charge in [-0.25, -0.2) is 0 Å². The molecule has 0 aliphatic carbocycles. The minimum atomic E-state index is 0.450. The Hall–Kier alpha value is -0.420. The lowest BCUT2D eigenvalue weighted by Gasteiger charge is -2.14. The van der Waals surface area contributed by atoms with Crippen molar-refractivity contribution in [3.05, 3.63) is 34.3 Å². The average molecular weight is 301 g/mol. The maximum atomic E-state index is 4.98. The quantitative estimate of drug-likeness (QED) is 0.722. The fourth-order valence-corrected chi connectivity index (χ4v) is 1.95. The summed E-state index contributed by atoms with van der Waals surface area (Å²) in [6.07, 6.45) is 0. The minimum Gasteiger partial charge on any atom is -0.383 e. The van der Waals surface area contributed by atoms with Crippen molar-refractivity contribution in [1.29, 1.82) is 0 Å². The van der Waals surface area contributed by atoms with E-state index in [0.29, 0.717) is 6.04 Å². The Bertz CT molecular complexity index is 320. The monoisotopic (exact) mass is 300 g/mol. The molecule has 0 aliphatic heterocycles. The molecule has 1 unspecified atom stereocenters. The number of hydrogen-bond donors (Lipinski definition) is 2. The molecule has 0 bridgehead atoms. The molecule has 0 radical (unpaired) electrons. The van der Waals surface area contributed by atoms with E-state index in [1.807, 2.05) is 6.07 Å². The largest absolute Gasteiger partial charge is 0.383 e. The molecule has 1 atom stereocenters. The van der Waals surface area contributed by atoms with Crippen molar-refractivity contribution in [3.8, 4) is 0 Å². The summed E-state index contributed by atoms with van der Waals surface area (Å²) in [7, 11) is 1.72. The zero-order valence-corrected chi connectivity index (χ0v) is 12.1. The molecular formula is C13H21BrN2O. The van der Waals surface area contributed by atoms with Crippen molar-refractivity contribution in [2.24, 2.45) is 0 Å². The van der Waals surface area contributed by atoms with Crippen molar-refractivity contribution in [2.75, 3.05) is 26.8 Å². The summed E-state index contributed by atoms with van der Waals surface area (Å²) in [5.41, 5.74) is 1.29. The van der Waals surface area contributed by atoms with Crippen LogP contribution >= 0.6 is 15.9 Å². The van der Waals surface area contributed by atoms with Crippen LogP contribution in [0.15, 0.2) is 28.7 Å². The van der Waals surface area contributed by atoms with Crippen LogP contribution in [-0.2, 0) is 11.3 Å². The Morgan fingerprint density at radius 3 is 2.94 bits per heavy atom. The van der Waals surface area contributed by atoms with Crippen LogP contribution in [0.25, 0.3) is 0 Å². The van der Waals surface area contributed by atoms with Crippen LogP contribution in [0.1, 0.15) is 12.5 Å². The molecule has 0 aromatic heterocycles. The Morgan fingerprint density at radius 1 is 1.41 bits per heavy atom. The molecule has 0 saturated carbocycles. The number of methoxy groups -OCH3 is 1. The summed E-state index contributed by atoms with van der Waals surface area (Å²) in [6, 6.07) is 8.81. The third-order valence-electron chi connectivity index (χ3n) is 2.48. The van der Waals surface area contributed by atoms with E-state index in [1.54, 1.807) is 7.11 Å². The van der Waals surface area contributed by atoms with Gasteiger partial charge in [-0.15, -0.1) is 0 Å². The summed E-state index contributed by atoms with van der Waals surface area (Å²) in [5.74, 6) is 0. The molecule has 17 heavy (non-hydrogen) atoms. The maximum Gasteiger partial charge on any atom is 0.0587 e. The van der Waals surface area contributed by atoms with E-state index < -0.39 is 0 Å². The third kappa shape index (κ3) is 6.78. The lowest BCUT2D eigenvalue weighted by atomic mass is 10.2. The van der Waals surface area contributed by atoms with Gasteiger partial charge in [0, 0.05) is 37.3 Å². The molecule has 1 rings (SSSR count). The van der Waals surface area contributed by atoms with Gasteiger partial charge in [0.15, 0.2) is 0 Å². The molecule has 0 spiro atoms. The predicted molar refractivity (Wildman–Crippen MR) is 75.2 cm³/mol. The highest BCUT2D eigenvalue weighted by atomic mass is 79.9. The maximum absolute atomic E-state index is 4.98. The van der Waals surface area contributed by atoms with Crippen molar-refractivity contribution in [2.45, 2.75) is 19.5 Å². The van der Waals surface area contributed by atoms with Crippen LogP contribution < -0.4 is 10.6 Å². The van der Waals surface area contributed by atoms with E-state index in [2.05, 4.69) is 51.7 Å². The molecule has 0 aliphatic rings. The Labute approximate surface area is 112 Å². The SMILES string of the molecule is COCCNCC(C)NCc1cccc(Br)c1. The van der Waals surface area contributed by atoms with Crippen LogP contribution in [0.5, 0.6) is 0 Å². The van der Waals surface area contributed by atoms with Gasteiger partial charge in [0.25, 0.3) is 0 Å². The molecule has 0 heterocycles. The van der Waals surface area contributed by atoms with Crippen LogP contribution in [-0.4, -0.2) is 32.8 Å². The van der Waals surface area contributed by atoms with Crippen molar-refractivity contribution in [3.63, 3.8) is 0 Å². The highest BCUT2D eigenvalue weighted by molar-refractivity contribution is 9.10. The molecule has 2 N–H and O–H groups in total. The fourth-order valence-electron chi connectivity index (χ4n) is 1.50. The van der Waals surface area contributed by atoms with E-state index in [4.69, 9.17) is 4.74 Å². The molecule has 1 aromatic rings. The number of rotatable bonds is 8. The predicted octanol–water partition coefficient (Wildman–Crippen LogP) is 2.16. The molecule has 0 saturated heterocycles. The van der Waals surface area contributed by atoms with Crippen molar-refractivity contribution >= 4 is 15.9 Å². The van der Waals surface area contributed by atoms with Gasteiger partial charge in [0.2, 0.25) is 0 Å². The zero-order chi connectivity index (χ0) is 12.5. The fraction of sp³-hybridized carbons (Fsp3) is 0.538. The third-order valence-corrected chi connectivity index (χ3v) is 2.97. The van der Waals surface area contributed by atoms with Gasteiger partial charge in [-0.1, -0.05) is 28.1 Å². The summed E-state index contributed by atoms with van der Waals surface area (Å²) in [6.45, 7) is 5.69. The van der Waals surface area contributed by atoms with Gasteiger partial charge in [0.1, 0.15) is 0 Å². The van der Waals surface area contributed by atoms with Crippen molar-refractivity contribution in [1.82, 2.24) is 10.6 Å². The second-order valence-electron chi connectivity index (χ2n) is 4.11. The Morgan fingerprint density at radius 2 is 2.24 bits per heavy atom. The number of nitrogens with one attached hydrogen (secondary N) is 2. The zero-order valence-electron chi connectivity index (χ0n) is 10.5. The van der Waals surface area contributed by atoms with Crippen LogP contribution in [0, 0.1) is 0 Å². The van der Waals surface area contributed by atoms with E-state index in [9.17, 15) is 0 Å². The number of ether oxygens (including phenoxy) is 1. The van der Waals surface area contributed by atoms with E-state index in [1.165, 1.54) is 5.56 Å². The van der Waals surface area contributed by atoms with Crippen LogP contribution in [0.3, 0.4) is 0 Å². The number of benzene rings is 1. The second kappa shape index (κ2) is 8.64. The number of hydrogen-bond acceptors (Lipinski definition) is 3. The van der Waals surface area contributed by atoms with Crippen LogP contribution in [0.4, 0.5) is 0 Å². The van der Waals surface area contributed by atoms with Gasteiger partial charge >= 0.3 is 0 Å². The van der Waals surface area contributed by atoms with Crippen molar-refractivity contribution < 1.29 is 4.74 Å². The summed E-state index contributed by atoms with van der Waals surface area (Å²) in [5, 5.41) is 6.82. The lowest BCUT2D eigenvalue weighted by molar-refractivity contribution is 0.198. The van der Waals surface area contributed by atoms with E-state index >= 15 is 0 Å². The smallest absolute Gasteiger partial charge is 0.0587 e. The van der Waals surface area contributed by atoms with Gasteiger partial charge in [-0.05, 0) is 24.6 Å². The van der Waals surface area contributed by atoms with E-state index in [0.717, 1.165) is 30.7 Å². The minimum absolute atomic E-state index is 0.450. The molecule has 3 nitrogen and oxygen atoms in total. The van der Waals surface area contributed by atoms with Gasteiger partial charge in [-0.2, -0.15) is 0 Å². The molecule has 1 aromatic carbocycles. The molecule has 0 fully saturated rings. The Kier molecular flexibility index (Phi) is 7.44. The molecule has 0 amide bonds. The van der Waals surface area contributed by atoms with Gasteiger partial charge < -0.3 is 15.4 Å². The van der Waals surface area contributed by atoms with Gasteiger partial charge in [0.05, 0.1) is 6.61 Å². The molecule has 96 valence electrons. The summed E-state index contributed by atoms with van der Waals surface area (Å²) >= 11 is 3.47. The first-order valence-electron chi connectivity index (χ1n) is 5.90. The Balaban J connectivity index is 2.17. The van der Waals surface area contributed by atoms with Gasteiger partial charge in [-0.3, -0.25) is 0 Å². The standard InChI is InChI=1S/C13H21BrN2O/c1-11(9-15-6-7-17-2)16-10-12-4-3-5-13(14)8-12/h3-5,8,11,15-16H,6-7,9-10H2,1-2H3. The summed E-state index contributed by atoms with van der Waals surface area (Å²) in [4.78, 5) is 0. The highest BCUT2D eigenvalue weighted by Crippen LogP contribution is 2.11. The second-order valence-corrected chi connectivity index (χ2v) is 5.02. The first kappa shape index (κ1) is 14.6. The lowest BCUT2D eigenvalue weighted by Crippen LogP contribution is -2.37. The molecule has 4 heteroatoms. The highest BCUT2D eigenvalue weighted by Gasteiger charge is 2.01. The topological polar surface area (TPSA) is 33.3 Å². The first-order valence-corrected chi connectivity index (χ1v) is 6.69.